The molecule has 4 bridgehead atoms. The highest BCUT2D eigenvalue weighted by molar-refractivity contribution is 7.26. The number of fused-ring (bicyclic) bond motifs is 9. The third-order valence-electron chi connectivity index (χ3n) is 14.2. The second kappa shape index (κ2) is 10.0. The maximum absolute atomic E-state index is 2.68. The van der Waals surface area contributed by atoms with E-state index in [1.807, 2.05) is 11.3 Å². The van der Waals surface area contributed by atoms with Crippen LogP contribution in [0.4, 0.5) is 17.1 Å². The number of thiophene rings is 1. The van der Waals surface area contributed by atoms with Crippen molar-refractivity contribution in [2.24, 2.45) is 23.7 Å². The monoisotopic (exact) mass is 675 g/mol. The largest absolute Gasteiger partial charge is 0.308 e. The van der Waals surface area contributed by atoms with Crippen molar-refractivity contribution in [2.45, 2.75) is 56.8 Å². The van der Waals surface area contributed by atoms with Crippen LogP contribution in [0, 0.1) is 23.7 Å². The summed E-state index contributed by atoms with van der Waals surface area (Å²) in [4.78, 5) is 2.65. The van der Waals surface area contributed by atoms with E-state index in [-0.39, 0.29) is 10.8 Å². The summed E-state index contributed by atoms with van der Waals surface area (Å²) < 4.78 is 2.71. The van der Waals surface area contributed by atoms with Crippen LogP contribution in [0.1, 0.15) is 68.2 Å². The molecule has 4 fully saturated rings. The average Bonchev–Trinajstić information content (AvgIpc) is 3.76. The molecule has 0 N–H and O–H groups in total. The van der Waals surface area contributed by atoms with Crippen LogP contribution in [0.2, 0.25) is 0 Å². The number of rotatable bonds is 3. The number of nitrogens with zero attached hydrogens (tertiary/aromatic N) is 1. The third kappa shape index (κ3) is 3.62. The molecule has 0 radical (unpaired) electrons. The van der Waals surface area contributed by atoms with E-state index >= 15 is 0 Å². The second-order valence-electron chi connectivity index (χ2n) is 16.9. The number of hydrogen-bond donors (Lipinski definition) is 0. The third-order valence-corrected chi connectivity index (χ3v) is 15.5. The van der Waals surface area contributed by atoms with E-state index in [2.05, 4.69) is 146 Å². The first-order valence-electron chi connectivity index (χ1n) is 19.2. The zero-order valence-electron chi connectivity index (χ0n) is 29.3. The summed E-state index contributed by atoms with van der Waals surface area (Å²) in [5.74, 6) is 3.32. The first kappa shape index (κ1) is 29.0. The van der Waals surface area contributed by atoms with Crippen LogP contribution in [0.5, 0.6) is 0 Å². The molecule has 1 spiro atoms. The summed E-state index contributed by atoms with van der Waals surface area (Å²) in [6.07, 6.45) is 7.06. The second-order valence-corrected chi connectivity index (χ2v) is 18.0. The van der Waals surface area contributed by atoms with Gasteiger partial charge in [0.25, 0.3) is 0 Å². The van der Waals surface area contributed by atoms with Crippen LogP contribution < -0.4 is 4.90 Å². The first-order chi connectivity index (χ1) is 25.0. The zero-order valence-corrected chi connectivity index (χ0v) is 30.1. The van der Waals surface area contributed by atoms with Crippen molar-refractivity contribution in [1.29, 1.82) is 0 Å². The highest BCUT2D eigenvalue weighted by Gasteiger charge is 2.61. The average molecular weight is 676 g/mol. The highest BCUT2D eigenvalue weighted by Crippen LogP contribution is 2.70. The minimum Gasteiger partial charge on any atom is -0.308 e. The van der Waals surface area contributed by atoms with Gasteiger partial charge in [-0.3, -0.25) is 0 Å². The quantitative estimate of drug-likeness (QED) is 0.180. The minimum absolute atomic E-state index is 0.0682. The van der Waals surface area contributed by atoms with Gasteiger partial charge >= 0.3 is 0 Å². The lowest BCUT2D eigenvalue weighted by molar-refractivity contribution is -0.0399. The Morgan fingerprint density at radius 1 is 0.529 bits per heavy atom. The van der Waals surface area contributed by atoms with Crippen molar-refractivity contribution in [3.8, 4) is 22.3 Å². The molecule has 6 aromatic carbocycles. The molecule has 0 unspecified atom stereocenters. The lowest BCUT2D eigenvalue weighted by Crippen LogP contribution is -2.55. The topological polar surface area (TPSA) is 3.24 Å². The highest BCUT2D eigenvalue weighted by atomic mass is 32.1. The molecule has 2 heteroatoms. The lowest BCUT2D eigenvalue weighted by atomic mass is 9.43. The van der Waals surface area contributed by atoms with Gasteiger partial charge in [0.1, 0.15) is 0 Å². The molecule has 248 valence electrons. The van der Waals surface area contributed by atoms with Crippen LogP contribution in [0.3, 0.4) is 0 Å². The molecule has 4 saturated carbocycles. The number of anilines is 3. The Morgan fingerprint density at radius 3 is 1.98 bits per heavy atom. The fourth-order valence-electron chi connectivity index (χ4n) is 12.5. The van der Waals surface area contributed by atoms with Crippen LogP contribution in [0.15, 0.2) is 127 Å². The van der Waals surface area contributed by atoms with Gasteiger partial charge in [-0.15, -0.1) is 11.3 Å². The molecule has 0 saturated heterocycles. The summed E-state index contributed by atoms with van der Waals surface area (Å²) in [6, 6.07) is 49.3. The molecule has 13 rings (SSSR count). The fourth-order valence-corrected chi connectivity index (χ4v) is 13.7. The van der Waals surface area contributed by atoms with E-state index in [1.165, 1.54) is 103 Å². The molecule has 6 aliphatic carbocycles. The molecule has 1 aromatic heterocycles. The summed E-state index contributed by atoms with van der Waals surface area (Å²) in [6.45, 7) is 4.81. The molecule has 51 heavy (non-hydrogen) atoms. The van der Waals surface area contributed by atoms with Crippen LogP contribution in [-0.4, -0.2) is 0 Å². The van der Waals surface area contributed by atoms with Crippen LogP contribution in [-0.2, 0) is 10.8 Å². The van der Waals surface area contributed by atoms with Gasteiger partial charge in [-0.2, -0.15) is 0 Å². The van der Waals surface area contributed by atoms with Crippen LogP contribution >= 0.6 is 11.3 Å². The SMILES string of the molecule is CC1(C)c2ccccc2-c2c(N(c3ccc4c(c3)C3(c5ccccc5-4)C4CC5CC(C4)CC3C5)c3cccc4c3sc3ccccc34)cccc21. The summed E-state index contributed by atoms with van der Waals surface area (Å²) >= 11 is 1.94. The molecule has 0 amide bonds. The Bertz CT molecular complexity index is 2570. The standard InChI is InChI=1S/C49H41NS/c1-48(2)39-15-6-4-13-38(39)46-41(48)17-10-18-43(46)50(44-19-9-14-37-36-12-5-8-20-45(36)51-47(37)44)33-21-22-35-34-11-3-7-16-40(34)49(42(35)28-33)31-24-29-23-30(26-31)27-32(49)25-29/h3-22,28-32H,23-27H2,1-2H3. The zero-order chi connectivity index (χ0) is 33.6. The van der Waals surface area contributed by atoms with Gasteiger partial charge in [-0.05, 0) is 125 Å². The Balaban J connectivity index is 1.16. The maximum atomic E-state index is 2.68. The van der Waals surface area contributed by atoms with Crippen molar-refractivity contribution in [1.82, 2.24) is 0 Å². The molecular weight excluding hydrogens is 635 g/mol. The summed E-state index contributed by atoms with van der Waals surface area (Å²) in [5.41, 5.74) is 15.7. The molecule has 0 aliphatic heterocycles. The van der Waals surface area contributed by atoms with E-state index in [9.17, 15) is 0 Å². The van der Waals surface area contributed by atoms with E-state index in [1.54, 1.807) is 11.1 Å². The van der Waals surface area contributed by atoms with Crippen molar-refractivity contribution in [2.75, 3.05) is 4.90 Å². The Kier molecular flexibility index (Phi) is 5.69. The molecule has 1 nitrogen and oxygen atoms in total. The Morgan fingerprint density at radius 2 is 1.16 bits per heavy atom. The Hall–Kier alpha value is -4.66. The summed E-state index contributed by atoms with van der Waals surface area (Å²) in [7, 11) is 0. The van der Waals surface area contributed by atoms with E-state index in [4.69, 9.17) is 0 Å². The van der Waals surface area contributed by atoms with E-state index in [0.29, 0.717) is 0 Å². The van der Waals surface area contributed by atoms with Gasteiger partial charge in [0.05, 0.1) is 16.1 Å². The lowest BCUT2D eigenvalue weighted by Gasteiger charge is -2.61. The smallest absolute Gasteiger partial charge is 0.0640 e. The van der Waals surface area contributed by atoms with Crippen molar-refractivity contribution in [3.63, 3.8) is 0 Å². The van der Waals surface area contributed by atoms with Gasteiger partial charge < -0.3 is 4.90 Å². The van der Waals surface area contributed by atoms with Crippen molar-refractivity contribution >= 4 is 48.6 Å². The number of hydrogen-bond acceptors (Lipinski definition) is 2. The predicted octanol–water partition coefficient (Wildman–Crippen LogP) is 13.6. The van der Waals surface area contributed by atoms with E-state index in [0.717, 1.165) is 23.7 Å². The maximum Gasteiger partial charge on any atom is 0.0640 e. The van der Waals surface area contributed by atoms with Crippen molar-refractivity contribution < 1.29 is 0 Å². The Labute approximate surface area is 304 Å². The molecule has 7 aromatic rings. The number of benzene rings is 6. The van der Waals surface area contributed by atoms with Gasteiger partial charge in [-0.25, -0.2) is 0 Å². The van der Waals surface area contributed by atoms with E-state index < -0.39 is 0 Å². The van der Waals surface area contributed by atoms with Crippen molar-refractivity contribution in [3.05, 3.63) is 150 Å². The molecule has 6 aliphatic rings. The normalized spacial score (nSPS) is 25.7. The first-order valence-corrected chi connectivity index (χ1v) is 20.0. The predicted molar refractivity (Wildman–Crippen MR) is 215 cm³/mol. The van der Waals surface area contributed by atoms with Gasteiger partial charge in [0.15, 0.2) is 0 Å². The molecule has 1 heterocycles. The molecular formula is C49H41NS. The van der Waals surface area contributed by atoms with Gasteiger partial charge in [0, 0.05) is 37.6 Å². The van der Waals surface area contributed by atoms with Crippen LogP contribution in [0.25, 0.3) is 42.4 Å². The minimum atomic E-state index is -0.0682. The summed E-state index contributed by atoms with van der Waals surface area (Å²) in [5, 5.41) is 2.69. The fraction of sp³-hybridized carbons (Fsp3) is 0.265. The van der Waals surface area contributed by atoms with Gasteiger partial charge in [-0.1, -0.05) is 111 Å². The molecule has 0 atom stereocenters. The van der Waals surface area contributed by atoms with Gasteiger partial charge in [0.2, 0.25) is 0 Å².